The Labute approximate surface area is 293 Å². The maximum atomic E-state index is 7.05. The molecule has 228 valence electrons. The minimum absolute atomic E-state index is 0. The second-order valence-electron chi connectivity index (χ2n) is 13.6. The van der Waals surface area contributed by atoms with Crippen LogP contribution >= 0.6 is 48.0 Å². The Morgan fingerprint density at radius 1 is 0.659 bits per heavy atom. The summed E-state index contributed by atoms with van der Waals surface area (Å²) < 4.78 is 3.28. The van der Waals surface area contributed by atoms with Crippen LogP contribution in [-0.2, 0) is 32.1 Å². The first-order chi connectivity index (χ1) is 19.9. The Morgan fingerprint density at radius 2 is 1.11 bits per heavy atom. The van der Waals surface area contributed by atoms with Crippen molar-refractivity contribution in [2.75, 3.05) is 0 Å². The molecule has 0 unspecified atom stereocenters. The molecule has 0 aliphatic heterocycles. The maximum absolute atomic E-state index is 7.05. The zero-order chi connectivity index (χ0) is 29.8. The van der Waals surface area contributed by atoms with E-state index in [-0.39, 0.29) is 35.6 Å². The van der Waals surface area contributed by atoms with Crippen molar-refractivity contribution >= 4 is 51.2 Å². The fourth-order valence-corrected chi connectivity index (χ4v) is 16.4. The third-order valence-corrected chi connectivity index (χ3v) is 17.6. The van der Waals surface area contributed by atoms with Crippen LogP contribution in [0, 0.1) is 0 Å². The van der Waals surface area contributed by atoms with Crippen molar-refractivity contribution in [3.63, 3.8) is 0 Å². The van der Waals surface area contributed by atoms with Crippen LogP contribution < -0.4 is 0 Å². The Morgan fingerprint density at radius 3 is 1.50 bits per heavy atom. The molecule has 0 heterocycles. The van der Waals surface area contributed by atoms with Gasteiger partial charge in [0.15, 0.2) is 0 Å². The zero-order valence-electron chi connectivity index (χ0n) is 26.2. The fraction of sp³-hybridized carbons (Fsp3) is 0.256. The van der Waals surface area contributed by atoms with Crippen molar-refractivity contribution in [2.24, 2.45) is 0 Å². The van der Waals surface area contributed by atoms with Gasteiger partial charge in [0.2, 0.25) is 0 Å². The van der Waals surface area contributed by atoms with Crippen molar-refractivity contribution in [2.45, 2.75) is 62.4 Å². The molecule has 0 saturated carbocycles. The molecule has 2 aliphatic carbocycles. The number of hydrogen-bond donors (Lipinski definition) is 0. The summed E-state index contributed by atoms with van der Waals surface area (Å²) in [7, 11) is 0. The van der Waals surface area contributed by atoms with Crippen LogP contribution in [0.4, 0.5) is 0 Å². The molecule has 6 rings (SSSR count). The zero-order valence-corrected chi connectivity index (χ0v) is 31.8. The van der Waals surface area contributed by atoms with Crippen molar-refractivity contribution in [1.82, 2.24) is 0 Å². The largest absolute Gasteiger partial charge is 0.147 e. The van der Waals surface area contributed by atoms with E-state index in [1.807, 2.05) is 24.3 Å². The number of rotatable bonds is 4. The molecule has 0 spiro atoms. The number of allylic oxidation sites excluding steroid dienone is 4. The summed E-state index contributed by atoms with van der Waals surface area (Å²) in [6.45, 7) is 13.9. The fourth-order valence-electron chi connectivity index (χ4n) is 6.39. The molecule has 4 aromatic carbocycles. The molecule has 0 amide bonds. The first kappa shape index (κ1) is 35.1. The van der Waals surface area contributed by atoms with Gasteiger partial charge in [-0.3, -0.25) is 0 Å². The van der Waals surface area contributed by atoms with E-state index < -0.39 is 21.3 Å². The van der Waals surface area contributed by atoms with E-state index >= 15 is 0 Å². The quantitative estimate of drug-likeness (QED) is 0.195. The number of benzene rings is 4. The predicted octanol–water partition coefficient (Wildman–Crippen LogP) is 12.2. The van der Waals surface area contributed by atoms with Crippen molar-refractivity contribution in [3.05, 3.63) is 150 Å². The first-order valence-electron chi connectivity index (χ1n) is 14.8. The molecule has 4 aromatic rings. The molecule has 2 aliphatic rings. The van der Waals surface area contributed by atoms with Gasteiger partial charge in [0.05, 0.1) is 0 Å². The van der Waals surface area contributed by atoms with Crippen molar-refractivity contribution in [3.8, 4) is 11.1 Å². The minimum atomic E-state index is -2.86. The van der Waals surface area contributed by atoms with Gasteiger partial charge in [0.25, 0.3) is 0 Å². The maximum Gasteiger partial charge on any atom is -0.147 e. The van der Waals surface area contributed by atoms with Crippen molar-refractivity contribution in [1.29, 1.82) is 0 Å². The summed E-state index contributed by atoms with van der Waals surface area (Å²) in [4.78, 5) is 0. The molecule has 0 fully saturated rings. The van der Waals surface area contributed by atoms with Crippen LogP contribution in [0.2, 0.25) is 10.0 Å². The predicted molar refractivity (Wildman–Crippen MR) is 194 cm³/mol. The Balaban J connectivity index is 0.00000221. The van der Waals surface area contributed by atoms with Gasteiger partial charge in [-0.15, -0.1) is 24.8 Å². The van der Waals surface area contributed by atoms with E-state index in [1.165, 1.54) is 36.6 Å². The molecule has 0 N–H and O–H groups in total. The summed E-state index contributed by atoms with van der Waals surface area (Å²) in [6.07, 6.45) is 7.95. The van der Waals surface area contributed by atoms with E-state index in [9.17, 15) is 0 Å². The first-order valence-corrected chi connectivity index (χ1v) is 19.5. The number of fused-ring (bicyclic) bond motifs is 3. The molecule has 44 heavy (non-hydrogen) atoms. The summed E-state index contributed by atoms with van der Waals surface area (Å²) in [5.41, 5.74) is 10.9. The van der Waals surface area contributed by atoms with Crippen molar-refractivity contribution < 1.29 is 21.3 Å². The Bertz CT molecular complexity index is 1690. The number of halogens is 4. The average Bonchev–Trinajstić information content (AvgIpc) is 3.58. The van der Waals surface area contributed by atoms with E-state index in [1.54, 1.807) is 3.28 Å². The molecule has 0 aromatic heterocycles. The summed E-state index contributed by atoms with van der Waals surface area (Å²) in [6, 6.07) is 31.3. The summed E-state index contributed by atoms with van der Waals surface area (Å²) >= 11 is 11.2. The van der Waals surface area contributed by atoms with E-state index in [0.29, 0.717) is 3.63 Å². The normalized spacial score (nSPS) is 13.9. The monoisotopic (exact) mass is 738 g/mol. The molecule has 0 nitrogen and oxygen atoms in total. The van der Waals surface area contributed by atoms with Crippen LogP contribution in [0.1, 0.15) is 85.0 Å². The molecule has 0 radical (unpaired) electrons. The van der Waals surface area contributed by atoms with Gasteiger partial charge in [-0.1, -0.05) is 0 Å². The van der Waals surface area contributed by atoms with Gasteiger partial charge in [-0.2, -0.15) is 0 Å². The second-order valence-corrected chi connectivity index (χ2v) is 20.7. The second kappa shape index (κ2) is 13.6. The minimum Gasteiger partial charge on any atom is -0.147 e. The van der Waals surface area contributed by atoms with Gasteiger partial charge in [0.1, 0.15) is 0 Å². The Hall–Kier alpha value is -1.73. The molecule has 0 atom stereocenters. The smallest absolute Gasteiger partial charge is 0.147 e. The third-order valence-electron chi connectivity index (χ3n) is 8.71. The SMILES string of the molecule is CC(C)(C)c1ccc2c(c1)-c1cc(C(C)(C)C)ccc1[CH]2[Zr]([C]1=CC=CC1)=[C](c1ccccc1Cl)c1ccccc1Cl.Cl.Cl. The average molecular weight is 742 g/mol. The Kier molecular flexibility index (Phi) is 10.8. The number of hydrogen-bond acceptors (Lipinski definition) is 0. The van der Waals surface area contributed by atoms with E-state index in [4.69, 9.17) is 23.2 Å². The standard InChI is InChI=1S/C21H25.C13H8Cl2.C5H5.2ClH.Zr/c1-20(2,3)16-9-7-14-11-15-8-10-17(21(4,5)6)13-19(15)18(14)12-16;14-12-7-3-1-5-10(12)9-11-6-2-4-8-13(11)15;1-2-4-5-3-1;;;/h7-13H,1-6H3;1-8H;1-3H,4H2;2*1H;. The van der Waals surface area contributed by atoms with Gasteiger partial charge in [-0.05, 0) is 0 Å². The van der Waals surface area contributed by atoms with Gasteiger partial charge >= 0.3 is 271 Å². The van der Waals surface area contributed by atoms with Gasteiger partial charge < -0.3 is 0 Å². The van der Waals surface area contributed by atoms with Gasteiger partial charge in [0, 0.05) is 0 Å². The molecule has 0 bridgehead atoms. The molecular formula is C39H40Cl4Zr. The summed E-state index contributed by atoms with van der Waals surface area (Å²) in [5, 5.41) is 1.59. The third kappa shape index (κ3) is 6.56. The van der Waals surface area contributed by atoms with Gasteiger partial charge in [-0.25, -0.2) is 0 Å². The summed E-state index contributed by atoms with van der Waals surface area (Å²) in [5.74, 6) is 0. The topological polar surface area (TPSA) is 0 Å². The van der Waals surface area contributed by atoms with Crippen LogP contribution in [0.5, 0.6) is 0 Å². The molecule has 5 heteroatoms. The molecule has 0 saturated heterocycles. The van der Waals surface area contributed by atoms with E-state index in [0.717, 1.165) is 27.6 Å². The van der Waals surface area contributed by atoms with Crippen LogP contribution in [0.3, 0.4) is 0 Å². The van der Waals surface area contributed by atoms with Crippen LogP contribution in [-0.4, -0.2) is 3.21 Å². The molecular weight excluding hydrogens is 701 g/mol. The van der Waals surface area contributed by atoms with Crippen LogP contribution in [0.15, 0.2) is 106 Å². The van der Waals surface area contributed by atoms with Crippen LogP contribution in [0.25, 0.3) is 11.1 Å². The van der Waals surface area contributed by atoms with E-state index in [2.05, 4.69) is 120 Å².